The second-order valence-corrected chi connectivity index (χ2v) is 8.64. The summed E-state index contributed by atoms with van der Waals surface area (Å²) in [5.41, 5.74) is 5.04. The molecular weight excluding hydrogens is 524 g/mol. The number of nitrogens with one attached hydrogen (secondary N) is 3. The zero-order valence-corrected chi connectivity index (χ0v) is 22.5. The van der Waals surface area contributed by atoms with Crippen LogP contribution in [-0.4, -0.2) is 51.3 Å². The quantitative estimate of drug-likeness (QED) is 0.190. The first-order chi connectivity index (χ1) is 18.8. The third kappa shape index (κ3) is 8.75. The molecule has 0 fully saturated rings. The number of anilines is 1. The summed E-state index contributed by atoms with van der Waals surface area (Å²) in [6, 6.07) is 17.4. The lowest BCUT2D eigenvalue weighted by Gasteiger charge is -2.10. The minimum Gasteiger partial charge on any atom is -0.493 e. The van der Waals surface area contributed by atoms with Crippen molar-refractivity contribution in [1.82, 2.24) is 10.7 Å². The highest BCUT2D eigenvalue weighted by Gasteiger charge is 2.13. The van der Waals surface area contributed by atoms with E-state index in [9.17, 15) is 14.4 Å². The molecule has 0 unspecified atom stereocenters. The minimum absolute atomic E-state index is 0.235. The summed E-state index contributed by atoms with van der Waals surface area (Å²) in [6.45, 7) is 1.84. The van der Waals surface area contributed by atoms with Gasteiger partial charge >= 0.3 is 11.8 Å². The van der Waals surface area contributed by atoms with Crippen LogP contribution in [0.5, 0.6) is 17.2 Å². The highest BCUT2D eigenvalue weighted by Crippen LogP contribution is 2.27. The van der Waals surface area contributed by atoms with Crippen LogP contribution in [0.15, 0.2) is 65.8 Å². The minimum atomic E-state index is -0.923. The molecule has 0 aliphatic carbocycles. The van der Waals surface area contributed by atoms with E-state index in [4.69, 9.17) is 25.8 Å². The summed E-state index contributed by atoms with van der Waals surface area (Å²) in [4.78, 5) is 36.5. The van der Waals surface area contributed by atoms with Gasteiger partial charge < -0.3 is 24.8 Å². The van der Waals surface area contributed by atoms with Crippen molar-refractivity contribution in [3.8, 4) is 17.2 Å². The summed E-state index contributed by atoms with van der Waals surface area (Å²) in [5, 5.41) is 9.63. The SMILES string of the molecule is COc1ccc(CCNC(=O)C(=O)N/N=C\c2ccccc2OCC(=O)Nc2ccc(C)c(Cl)c2)cc1OC. The van der Waals surface area contributed by atoms with Crippen molar-refractivity contribution in [2.24, 2.45) is 5.10 Å². The lowest BCUT2D eigenvalue weighted by Crippen LogP contribution is -2.38. The fourth-order valence-corrected chi connectivity index (χ4v) is 3.56. The fourth-order valence-electron chi connectivity index (χ4n) is 3.38. The van der Waals surface area contributed by atoms with Crippen LogP contribution >= 0.6 is 11.6 Å². The summed E-state index contributed by atoms with van der Waals surface area (Å²) >= 11 is 6.09. The second kappa shape index (κ2) is 14.4. The van der Waals surface area contributed by atoms with Crippen LogP contribution in [0.2, 0.25) is 5.02 Å². The summed E-state index contributed by atoms with van der Waals surface area (Å²) in [6.07, 6.45) is 1.81. The van der Waals surface area contributed by atoms with Gasteiger partial charge in [-0.05, 0) is 60.9 Å². The van der Waals surface area contributed by atoms with Crippen LogP contribution in [0.3, 0.4) is 0 Å². The smallest absolute Gasteiger partial charge is 0.329 e. The number of nitrogens with zero attached hydrogens (tertiary/aromatic N) is 1. The van der Waals surface area contributed by atoms with E-state index in [2.05, 4.69) is 21.2 Å². The summed E-state index contributed by atoms with van der Waals surface area (Å²) < 4.78 is 16.1. The van der Waals surface area contributed by atoms with Gasteiger partial charge in [0.05, 0.1) is 20.4 Å². The molecule has 0 aliphatic heterocycles. The van der Waals surface area contributed by atoms with Crippen LogP contribution in [0.4, 0.5) is 5.69 Å². The molecule has 0 spiro atoms. The van der Waals surface area contributed by atoms with E-state index in [0.717, 1.165) is 11.1 Å². The van der Waals surface area contributed by atoms with Crippen LogP contribution in [0, 0.1) is 6.92 Å². The number of halogens is 1. The predicted molar refractivity (Wildman–Crippen MR) is 149 cm³/mol. The van der Waals surface area contributed by atoms with Gasteiger partial charge in [-0.3, -0.25) is 14.4 Å². The van der Waals surface area contributed by atoms with Crippen molar-refractivity contribution >= 4 is 41.2 Å². The molecule has 0 bridgehead atoms. The Balaban J connectivity index is 1.46. The molecule has 3 aromatic carbocycles. The van der Waals surface area contributed by atoms with Crippen molar-refractivity contribution in [3.05, 3.63) is 82.4 Å². The number of hydrogen-bond acceptors (Lipinski definition) is 7. The topological polar surface area (TPSA) is 127 Å². The molecule has 3 amide bonds. The molecule has 11 heteroatoms. The first kappa shape index (κ1) is 29.0. The maximum atomic E-state index is 12.3. The molecule has 10 nitrogen and oxygen atoms in total. The molecule has 3 aromatic rings. The summed E-state index contributed by atoms with van der Waals surface area (Å²) in [5.74, 6) is -0.579. The number of hydrogen-bond donors (Lipinski definition) is 3. The van der Waals surface area contributed by atoms with Gasteiger partial charge in [-0.2, -0.15) is 5.10 Å². The average molecular weight is 553 g/mol. The van der Waals surface area contributed by atoms with E-state index >= 15 is 0 Å². The van der Waals surface area contributed by atoms with Crippen molar-refractivity contribution in [2.75, 3.05) is 32.7 Å². The monoisotopic (exact) mass is 552 g/mol. The van der Waals surface area contributed by atoms with Crippen molar-refractivity contribution in [2.45, 2.75) is 13.3 Å². The molecule has 0 saturated carbocycles. The molecule has 0 heterocycles. The normalized spacial score (nSPS) is 10.6. The number of ether oxygens (including phenoxy) is 3. The zero-order chi connectivity index (χ0) is 28.2. The van der Waals surface area contributed by atoms with Gasteiger partial charge in [0.2, 0.25) is 0 Å². The van der Waals surface area contributed by atoms with Crippen molar-refractivity contribution < 1.29 is 28.6 Å². The summed E-state index contributed by atoms with van der Waals surface area (Å²) in [7, 11) is 3.09. The number of amides is 3. The van der Waals surface area contributed by atoms with Crippen LogP contribution in [-0.2, 0) is 20.8 Å². The molecule has 0 aliphatic rings. The van der Waals surface area contributed by atoms with E-state index in [-0.39, 0.29) is 19.1 Å². The number of benzene rings is 3. The number of aryl methyl sites for hydroxylation is 1. The third-order valence-electron chi connectivity index (χ3n) is 5.46. The number of methoxy groups -OCH3 is 2. The maximum Gasteiger partial charge on any atom is 0.329 e. The highest BCUT2D eigenvalue weighted by atomic mass is 35.5. The van der Waals surface area contributed by atoms with Gasteiger partial charge in [-0.1, -0.05) is 35.9 Å². The van der Waals surface area contributed by atoms with Crippen molar-refractivity contribution in [3.63, 3.8) is 0 Å². The Bertz CT molecular complexity index is 1360. The Morgan fingerprint density at radius 2 is 1.69 bits per heavy atom. The van der Waals surface area contributed by atoms with Gasteiger partial charge in [-0.15, -0.1) is 0 Å². The van der Waals surface area contributed by atoms with Gasteiger partial charge in [0, 0.05) is 22.8 Å². The standard InChI is InChI=1S/C28H29ClN4O6/c1-18-8-10-21(15-22(18)29)32-26(34)17-39-23-7-5-4-6-20(23)16-31-33-28(36)27(35)30-13-12-19-9-11-24(37-2)25(14-19)38-3/h4-11,14-16H,12-13,17H2,1-3H3,(H,30,35)(H,32,34)(H,33,36)/b31-16-. The predicted octanol–water partition coefficient (Wildman–Crippen LogP) is 3.49. The van der Waals surface area contributed by atoms with E-state index in [0.29, 0.717) is 39.9 Å². The first-order valence-corrected chi connectivity index (χ1v) is 12.3. The Kier molecular flexibility index (Phi) is 10.7. The maximum absolute atomic E-state index is 12.3. The number of carbonyl (C=O) groups is 3. The number of para-hydroxylation sites is 1. The average Bonchev–Trinajstić information content (AvgIpc) is 2.94. The van der Waals surface area contributed by atoms with Crippen molar-refractivity contribution in [1.29, 1.82) is 0 Å². The van der Waals surface area contributed by atoms with E-state index in [1.807, 2.05) is 13.0 Å². The van der Waals surface area contributed by atoms with Gasteiger partial charge in [0.15, 0.2) is 18.1 Å². The first-order valence-electron chi connectivity index (χ1n) is 11.9. The molecule has 0 saturated heterocycles. The molecule has 39 heavy (non-hydrogen) atoms. The van der Waals surface area contributed by atoms with Crippen LogP contribution < -0.4 is 30.3 Å². The second-order valence-electron chi connectivity index (χ2n) is 8.23. The van der Waals surface area contributed by atoms with Gasteiger partial charge in [0.25, 0.3) is 5.91 Å². The largest absolute Gasteiger partial charge is 0.493 e. The third-order valence-corrected chi connectivity index (χ3v) is 5.86. The van der Waals surface area contributed by atoms with E-state index in [1.165, 1.54) is 6.21 Å². The lowest BCUT2D eigenvalue weighted by molar-refractivity contribution is -0.139. The molecular formula is C28H29ClN4O6. The van der Waals surface area contributed by atoms with Gasteiger partial charge in [-0.25, -0.2) is 5.43 Å². The fraction of sp³-hybridized carbons (Fsp3) is 0.214. The molecule has 0 atom stereocenters. The Labute approximate surface area is 231 Å². The van der Waals surface area contributed by atoms with Crippen LogP contribution in [0.1, 0.15) is 16.7 Å². The molecule has 3 rings (SSSR count). The lowest BCUT2D eigenvalue weighted by atomic mass is 10.1. The zero-order valence-electron chi connectivity index (χ0n) is 21.7. The van der Waals surface area contributed by atoms with Crippen LogP contribution in [0.25, 0.3) is 0 Å². The van der Waals surface area contributed by atoms with Gasteiger partial charge in [0.1, 0.15) is 5.75 Å². The van der Waals surface area contributed by atoms with E-state index < -0.39 is 11.8 Å². The molecule has 0 aromatic heterocycles. The molecule has 204 valence electrons. The molecule has 3 N–H and O–H groups in total. The Morgan fingerprint density at radius 3 is 2.44 bits per heavy atom. The molecule has 0 radical (unpaired) electrons. The highest BCUT2D eigenvalue weighted by molar-refractivity contribution is 6.35. The Morgan fingerprint density at radius 1 is 0.923 bits per heavy atom. The number of rotatable bonds is 11. The van der Waals surface area contributed by atoms with E-state index in [1.54, 1.807) is 68.8 Å². The Hall–Kier alpha value is -4.57. The number of hydrazone groups is 1. The number of carbonyl (C=O) groups excluding carboxylic acids is 3.